The lowest BCUT2D eigenvalue weighted by molar-refractivity contribution is 0.0996. The molecular weight excluding hydrogens is 178 g/mol. The third-order valence-corrected chi connectivity index (χ3v) is 2.09. The lowest BCUT2D eigenvalue weighted by atomic mass is 10.2. The molecule has 2 heterocycles. The van der Waals surface area contributed by atoms with Gasteiger partial charge >= 0.3 is 0 Å². The quantitative estimate of drug-likeness (QED) is 0.710. The molecule has 0 fully saturated rings. The minimum absolute atomic E-state index is 0.00284. The molecule has 0 unspecified atom stereocenters. The number of Topliss-reactive ketones (excluding diaryl/α,β-unsaturated/α-hetero) is 1. The highest BCUT2D eigenvalue weighted by atomic mass is 16.1. The van der Waals surface area contributed by atoms with E-state index in [0.717, 1.165) is 11.1 Å². The van der Waals surface area contributed by atoms with Gasteiger partial charge in [-0.05, 0) is 30.7 Å². The van der Waals surface area contributed by atoms with Crippen LogP contribution in [-0.2, 0) is 0 Å². The molecule has 0 radical (unpaired) electrons. The van der Waals surface area contributed by atoms with E-state index in [0.29, 0.717) is 5.69 Å². The van der Waals surface area contributed by atoms with Crippen LogP contribution >= 0.6 is 0 Å². The van der Waals surface area contributed by atoms with Crippen molar-refractivity contribution in [1.29, 1.82) is 0 Å². The number of aromatic nitrogens is 2. The van der Waals surface area contributed by atoms with Crippen LogP contribution in [0.3, 0.4) is 0 Å². The maximum atomic E-state index is 11.3. The molecule has 0 aliphatic rings. The van der Waals surface area contributed by atoms with Crippen molar-refractivity contribution in [3.63, 3.8) is 0 Å². The Labute approximate surface area is 81.3 Å². The van der Waals surface area contributed by atoms with E-state index >= 15 is 0 Å². The molecule has 2 aromatic heterocycles. The van der Waals surface area contributed by atoms with Crippen LogP contribution in [0.1, 0.15) is 16.1 Å². The topological polar surface area (TPSA) is 60.4 Å². The van der Waals surface area contributed by atoms with Gasteiger partial charge in [-0.25, -0.2) is 4.52 Å². The summed E-state index contributed by atoms with van der Waals surface area (Å²) in [5, 5.41) is 4.11. The number of nitrogens with zero attached hydrogens (tertiary/aromatic N) is 2. The summed E-state index contributed by atoms with van der Waals surface area (Å²) in [4.78, 5) is 11.3. The van der Waals surface area contributed by atoms with E-state index in [1.54, 1.807) is 10.6 Å². The van der Waals surface area contributed by atoms with Crippen LogP contribution in [0.2, 0.25) is 0 Å². The Morgan fingerprint density at radius 1 is 1.57 bits per heavy atom. The van der Waals surface area contributed by atoms with Gasteiger partial charge in [0.25, 0.3) is 0 Å². The van der Waals surface area contributed by atoms with Crippen LogP contribution in [0.15, 0.2) is 24.4 Å². The van der Waals surface area contributed by atoms with Gasteiger partial charge in [0.1, 0.15) is 5.69 Å². The molecule has 0 amide bonds. The molecule has 2 aromatic rings. The zero-order valence-corrected chi connectivity index (χ0v) is 7.90. The number of carbonyl (C=O) groups excluding carboxylic acids is 1. The first kappa shape index (κ1) is 8.90. The summed E-state index contributed by atoms with van der Waals surface area (Å²) < 4.78 is 1.68. The summed E-state index contributed by atoms with van der Waals surface area (Å²) >= 11 is 0. The maximum Gasteiger partial charge on any atom is 0.196 e. The van der Waals surface area contributed by atoms with Gasteiger partial charge in [-0.15, -0.1) is 0 Å². The molecule has 0 aliphatic heterocycles. The van der Waals surface area contributed by atoms with Gasteiger partial charge in [-0.3, -0.25) is 4.79 Å². The van der Waals surface area contributed by atoms with E-state index in [1.165, 1.54) is 0 Å². The van der Waals surface area contributed by atoms with Gasteiger partial charge < -0.3 is 5.73 Å². The van der Waals surface area contributed by atoms with Crippen LogP contribution in [0.4, 0.5) is 0 Å². The minimum Gasteiger partial charge on any atom is -0.324 e. The third kappa shape index (κ3) is 1.40. The summed E-state index contributed by atoms with van der Waals surface area (Å²) in [6.45, 7) is 2.00. The molecule has 0 spiro atoms. The summed E-state index contributed by atoms with van der Waals surface area (Å²) in [7, 11) is 0. The molecule has 14 heavy (non-hydrogen) atoms. The Morgan fingerprint density at radius 2 is 2.36 bits per heavy atom. The van der Waals surface area contributed by atoms with Crippen molar-refractivity contribution < 1.29 is 4.79 Å². The number of pyridine rings is 1. The number of hydrogen-bond donors (Lipinski definition) is 1. The van der Waals surface area contributed by atoms with E-state index in [9.17, 15) is 4.79 Å². The summed E-state index contributed by atoms with van der Waals surface area (Å²) in [6.07, 6.45) is 1.83. The van der Waals surface area contributed by atoms with Gasteiger partial charge in [-0.2, -0.15) is 5.10 Å². The number of nitrogens with two attached hydrogens (primary N) is 1. The average molecular weight is 189 g/mol. The molecule has 4 heteroatoms. The molecule has 0 saturated carbocycles. The first-order valence-electron chi connectivity index (χ1n) is 4.40. The largest absolute Gasteiger partial charge is 0.324 e. The second-order valence-electron chi connectivity index (χ2n) is 3.23. The van der Waals surface area contributed by atoms with Crippen molar-refractivity contribution in [3.8, 4) is 0 Å². The summed E-state index contributed by atoms with van der Waals surface area (Å²) in [6, 6.07) is 5.67. The van der Waals surface area contributed by atoms with Crippen molar-refractivity contribution in [2.24, 2.45) is 5.73 Å². The SMILES string of the molecule is Cc1ccn2nc(C(=O)CN)cc2c1. The molecular formula is C10H11N3O. The Bertz CT molecular complexity index is 487. The van der Waals surface area contributed by atoms with Crippen molar-refractivity contribution in [2.45, 2.75) is 6.92 Å². The number of ketones is 1. The van der Waals surface area contributed by atoms with Crippen LogP contribution in [-0.4, -0.2) is 21.9 Å². The maximum absolute atomic E-state index is 11.3. The summed E-state index contributed by atoms with van der Waals surface area (Å²) in [5.41, 5.74) is 7.75. The highest BCUT2D eigenvalue weighted by Crippen LogP contribution is 2.08. The van der Waals surface area contributed by atoms with E-state index < -0.39 is 0 Å². The first-order chi connectivity index (χ1) is 6.70. The van der Waals surface area contributed by atoms with Crippen LogP contribution in [0.5, 0.6) is 0 Å². The Balaban J connectivity index is 2.56. The highest BCUT2D eigenvalue weighted by Gasteiger charge is 2.08. The Morgan fingerprint density at radius 3 is 3.07 bits per heavy atom. The predicted molar refractivity (Wildman–Crippen MR) is 53.3 cm³/mol. The Kier molecular flexibility index (Phi) is 2.05. The van der Waals surface area contributed by atoms with Gasteiger partial charge in [0.15, 0.2) is 5.78 Å². The van der Waals surface area contributed by atoms with E-state index in [-0.39, 0.29) is 12.3 Å². The molecule has 0 atom stereocenters. The Hall–Kier alpha value is -1.68. The summed E-state index contributed by atoms with van der Waals surface area (Å²) in [5.74, 6) is -0.133. The van der Waals surface area contributed by atoms with Crippen LogP contribution in [0.25, 0.3) is 5.52 Å². The van der Waals surface area contributed by atoms with Gasteiger partial charge in [-0.1, -0.05) is 0 Å². The molecule has 0 saturated heterocycles. The van der Waals surface area contributed by atoms with E-state index in [1.807, 2.05) is 25.3 Å². The van der Waals surface area contributed by atoms with Gasteiger partial charge in [0.2, 0.25) is 0 Å². The monoisotopic (exact) mass is 189 g/mol. The van der Waals surface area contributed by atoms with Gasteiger partial charge in [0, 0.05) is 6.20 Å². The normalized spacial score (nSPS) is 10.7. The lowest BCUT2D eigenvalue weighted by Gasteiger charge is -1.92. The number of carbonyl (C=O) groups is 1. The molecule has 2 N–H and O–H groups in total. The molecule has 0 bridgehead atoms. The van der Waals surface area contributed by atoms with Crippen LogP contribution < -0.4 is 5.73 Å². The fourth-order valence-electron chi connectivity index (χ4n) is 1.35. The lowest BCUT2D eigenvalue weighted by Crippen LogP contribution is -2.13. The average Bonchev–Trinajstić information content (AvgIpc) is 2.59. The van der Waals surface area contributed by atoms with Crippen molar-refractivity contribution in [3.05, 3.63) is 35.7 Å². The van der Waals surface area contributed by atoms with E-state index in [2.05, 4.69) is 5.10 Å². The number of rotatable bonds is 2. The fourth-order valence-corrected chi connectivity index (χ4v) is 1.35. The van der Waals surface area contributed by atoms with Gasteiger partial charge in [0.05, 0.1) is 12.1 Å². The fraction of sp³-hybridized carbons (Fsp3) is 0.200. The smallest absolute Gasteiger partial charge is 0.196 e. The molecule has 2 rings (SSSR count). The highest BCUT2D eigenvalue weighted by molar-refractivity contribution is 5.96. The number of fused-ring (bicyclic) bond motifs is 1. The zero-order chi connectivity index (χ0) is 10.1. The number of hydrogen-bond acceptors (Lipinski definition) is 3. The van der Waals surface area contributed by atoms with Crippen molar-refractivity contribution in [2.75, 3.05) is 6.54 Å². The van der Waals surface area contributed by atoms with Crippen molar-refractivity contribution in [1.82, 2.24) is 9.61 Å². The minimum atomic E-state index is -0.133. The zero-order valence-electron chi connectivity index (χ0n) is 7.90. The van der Waals surface area contributed by atoms with E-state index in [4.69, 9.17) is 5.73 Å². The third-order valence-electron chi connectivity index (χ3n) is 2.09. The standard InChI is InChI=1S/C10H11N3O/c1-7-2-3-13-8(4-7)5-9(12-13)10(14)6-11/h2-5H,6,11H2,1H3. The second-order valence-corrected chi connectivity index (χ2v) is 3.23. The molecule has 72 valence electrons. The molecule has 0 aromatic carbocycles. The second kappa shape index (κ2) is 3.23. The van der Waals surface area contributed by atoms with Crippen molar-refractivity contribution >= 4 is 11.3 Å². The number of aryl methyl sites for hydroxylation is 1. The predicted octanol–water partition coefficient (Wildman–Crippen LogP) is 0.784. The molecule has 4 nitrogen and oxygen atoms in total. The first-order valence-corrected chi connectivity index (χ1v) is 4.40. The van der Waals surface area contributed by atoms with Crippen LogP contribution in [0, 0.1) is 6.92 Å². The molecule has 0 aliphatic carbocycles.